The van der Waals surface area contributed by atoms with Gasteiger partial charge in [-0.1, -0.05) is 29.8 Å². The van der Waals surface area contributed by atoms with E-state index in [0.717, 1.165) is 16.7 Å². The summed E-state index contributed by atoms with van der Waals surface area (Å²) in [6.45, 7) is 0.143. The predicted octanol–water partition coefficient (Wildman–Crippen LogP) is 7.07. The van der Waals surface area contributed by atoms with Crippen molar-refractivity contribution in [1.82, 2.24) is 0 Å². The fourth-order valence-electron chi connectivity index (χ4n) is 3.20. The number of benzene rings is 3. The Hall–Kier alpha value is -2.81. The summed E-state index contributed by atoms with van der Waals surface area (Å²) in [6.07, 6.45) is 1.61. The smallest absolute Gasteiger partial charge is 0.298 e. The number of anilines is 1. The Morgan fingerprint density at radius 1 is 1.12 bits per heavy atom. The first-order chi connectivity index (χ1) is 15.9. The molecule has 3 aromatic rings. The number of rotatable bonds is 6. The highest BCUT2D eigenvalue weighted by Crippen LogP contribution is 2.40. The van der Waals surface area contributed by atoms with Crippen molar-refractivity contribution in [1.29, 1.82) is 0 Å². The highest BCUT2D eigenvalue weighted by atomic mass is 79.9. The van der Waals surface area contributed by atoms with Crippen LogP contribution in [0.2, 0.25) is 5.02 Å². The highest BCUT2D eigenvalue weighted by molar-refractivity contribution is 9.10. The molecule has 1 heterocycles. The van der Waals surface area contributed by atoms with Crippen molar-refractivity contribution in [3.8, 4) is 11.5 Å². The van der Waals surface area contributed by atoms with Gasteiger partial charge in [-0.05, 0) is 87.4 Å². The Morgan fingerprint density at radius 2 is 1.91 bits per heavy atom. The van der Waals surface area contributed by atoms with E-state index in [1.54, 1.807) is 54.6 Å². The molecule has 0 atom stereocenters. The van der Waals surface area contributed by atoms with Crippen LogP contribution in [0.15, 0.2) is 70.0 Å². The van der Waals surface area contributed by atoms with Crippen molar-refractivity contribution in [2.24, 2.45) is 0 Å². The average molecular weight is 549 g/mol. The SMILES string of the molecule is COc1cc(/C=C2/SC(=O)N(c3cccc(Cl)c3)C2=O)cc(Br)c1OCc1cccc(F)c1. The zero-order valence-corrected chi connectivity index (χ0v) is 20.3. The van der Waals surface area contributed by atoms with Gasteiger partial charge in [0.15, 0.2) is 11.5 Å². The summed E-state index contributed by atoms with van der Waals surface area (Å²) < 4.78 is 25.3. The zero-order valence-electron chi connectivity index (χ0n) is 17.2. The first-order valence-corrected chi connectivity index (χ1v) is 11.6. The van der Waals surface area contributed by atoms with Crippen LogP contribution in [0.4, 0.5) is 14.9 Å². The molecule has 1 saturated heterocycles. The minimum Gasteiger partial charge on any atom is -0.493 e. The van der Waals surface area contributed by atoms with Gasteiger partial charge in [0.2, 0.25) is 0 Å². The number of methoxy groups -OCH3 is 1. The number of nitrogens with zero attached hydrogens (tertiary/aromatic N) is 1. The van der Waals surface area contributed by atoms with Crippen LogP contribution in [0, 0.1) is 5.82 Å². The van der Waals surface area contributed by atoms with Crippen molar-refractivity contribution < 1.29 is 23.5 Å². The second kappa shape index (κ2) is 9.99. The highest BCUT2D eigenvalue weighted by Gasteiger charge is 2.36. The van der Waals surface area contributed by atoms with Crippen LogP contribution in [0.25, 0.3) is 6.08 Å². The summed E-state index contributed by atoms with van der Waals surface area (Å²) in [5, 5.41) is 0.0209. The number of ether oxygens (including phenoxy) is 2. The normalized spacial score (nSPS) is 14.8. The van der Waals surface area contributed by atoms with Gasteiger partial charge in [0, 0.05) is 5.02 Å². The van der Waals surface area contributed by atoms with E-state index in [0.29, 0.717) is 37.8 Å². The van der Waals surface area contributed by atoms with Crippen LogP contribution in [0.5, 0.6) is 11.5 Å². The number of halogens is 3. The van der Waals surface area contributed by atoms with Gasteiger partial charge in [0.25, 0.3) is 11.1 Å². The molecule has 0 spiro atoms. The maximum Gasteiger partial charge on any atom is 0.298 e. The van der Waals surface area contributed by atoms with Crippen LogP contribution < -0.4 is 14.4 Å². The largest absolute Gasteiger partial charge is 0.493 e. The molecule has 33 heavy (non-hydrogen) atoms. The second-order valence-corrected chi connectivity index (χ2v) is 9.23. The Labute approximate surface area is 207 Å². The summed E-state index contributed by atoms with van der Waals surface area (Å²) in [5.74, 6) is 0.0741. The average Bonchev–Trinajstić information content (AvgIpc) is 3.05. The van der Waals surface area contributed by atoms with Gasteiger partial charge in [0.1, 0.15) is 12.4 Å². The number of carbonyl (C=O) groups is 2. The lowest BCUT2D eigenvalue weighted by Gasteiger charge is -2.14. The molecular formula is C24H16BrClFNO4S. The van der Waals surface area contributed by atoms with Crippen molar-refractivity contribution in [3.63, 3.8) is 0 Å². The lowest BCUT2D eigenvalue weighted by atomic mass is 10.1. The summed E-state index contributed by atoms with van der Waals surface area (Å²) in [5.41, 5.74) is 1.71. The monoisotopic (exact) mass is 547 g/mol. The lowest BCUT2D eigenvalue weighted by Crippen LogP contribution is -2.27. The number of thioether (sulfide) groups is 1. The predicted molar refractivity (Wildman–Crippen MR) is 131 cm³/mol. The van der Waals surface area contributed by atoms with Crippen molar-refractivity contribution in [2.75, 3.05) is 12.0 Å². The molecular weight excluding hydrogens is 533 g/mol. The Morgan fingerprint density at radius 3 is 2.64 bits per heavy atom. The Balaban J connectivity index is 1.58. The van der Waals surface area contributed by atoms with Crippen molar-refractivity contribution in [3.05, 3.63) is 92.0 Å². The van der Waals surface area contributed by atoms with E-state index in [2.05, 4.69) is 15.9 Å². The maximum atomic E-state index is 13.4. The minimum absolute atomic E-state index is 0.143. The van der Waals surface area contributed by atoms with E-state index in [4.69, 9.17) is 21.1 Å². The number of amides is 2. The van der Waals surface area contributed by atoms with Crippen LogP contribution in [0.1, 0.15) is 11.1 Å². The van der Waals surface area contributed by atoms with Crippen LogP contribution >= 0.6 is 39.3 Å². The molecule has 9 heteroatoms. The van der Waals surface area contributed by atoms with Crippen LogP contribution in [-0.4, -0.2) is 18.3 Å². The molecule has 3 aromatic carbocycles. The number of hydrogen-bond acceptors (Lipinski definition) is 5. The first-order valence-electron chi connectivity index (χ1n) is 9.64. The van der Waals surface area contributed by atoms with E-state index >= 15 is 0 Å². The molecule has 1 aliphatic rings. The van der Waals surface area contributed by atoms with Crippen molar-refractivity contribution in [2.45, 2.75) is 6.61 Å². The molecule has 4 rings (SSSR count). The van der Waals surface area contributed by atoms with Gasteiger partial charge in [-0.15, -0.1) is 0 Å². The number of carbonyl (C=O) groups excluding carboxylic acids is 2. The molecule has 1 aliphatic heterocycles. The Bertz CT molecular complexity index is 1280. The van der Waals surface area contributed by atoms with Crippen LogP contribution in [0.3, 0.4) is 0 Å². The van der Waals surface area contributed by atoms with E-state index < -0.39 is 11.1 Å². The fourth-order valence-corrected chi connectivity index (χ4v) is 4.80. The van der Waals surface area contributed by atoms with E-state index in [-0.39, 0.29) is 17.3 Å². The van der Waals surface area contributed by atoms with Crippen LogP contribution in [-0.2, 0) is 11.4 Å². The first kappa shape index (κ1) is 23.4. The van der Waals surface area contributed by atoms with Gasteiger partial charge in [-0.25, -0.2) is 9.29 Å². The summed E-state index contributed by atoms with van der Waals surface area (Å²) in [6, 6.07) is 16.1. The quantitative estimate of drug-likeness (QED) is 0.308. The van der Waals surface area contributed by atoms with E-state index in [9.17, 15) is 14.0 Å². The molecule has 0 radical (unpaired) electrons. The lowest BCUT2D eigenvalue weighted by molar-refractivity contribution is -0.113. The minimum atomic E-state index is -0.436. The molecule has 0 N–H and O–H groups in total. The zero-order chi connectivity index (χ0) is 23.5. The molecule has 0 aromatic heterocycles. The molecule has 2 amide bonds. The number of imide groups is 1. The number of hydrogen-bond donors (Lipinski definition) is 0. The molecule has 1 fully saturated rings. The summed E-state index contributed by atoms with van der Waals surface area (Å²) in [4.78, 5) is 26.7. The van der Waals surface area contributed by atoms with Gasteiger partial charge in [-0.2, -0.15) is 0 Å². The third kappa shape index (κ3) is 5.24. The summed E-state index contributed by atoms with van der Waals surface area (Å²) in [7, 11) is 1.49. The molecule has 168 valence electrons. The van der Waals surface area contributed by atoms with Crippen molar-refractivity contribution >= 4 is 62.2 Å². The van der Waals surface area contributed by atoms with Gasteiger partial charge < -0.3 is 9.47 Å². The topological polar surface area (TPSA) is 55.8 Å². The fraction of sp³-hybridized carbons (Fsp3) is 0.0833. The Kier molecular flexibility index (Phi) is 7.07. The third-order valence-corrected chi connectivity index (χ3v) is 6.38. The standard InChI is InChI=1S/C24H16BrClFNO4S/c1-31-20-10-15(9-19(25)22(20)32-13-14-4-2-6-17(27)8-14)11-21-23(29)28(24(30)33-21)18-7-3-5-16(26)12-18/h2-12H,13H2,1H3/b21-11+. The van der Waals surface area contributed by atoms with E-state index in [1.165, 1.54) is 19.2 Å². The third-order valence-electron chi connectivity index (χ3n) is 4.68. The molecule has 5 nitrogen and oxygen atoms in total. The molecule has 0 bridgehead atoms. The van der Waals surface area contributed by atoms with Gasteiger partial charge >= 0.3 is 0 Å². The van der Waals surface area contributed by atoms with Gasteiger partial charge in [-0.3, -0.25) is 9.59 Å². The van der Waals surface area contributed by atoms with Gasteiger partial charge in [0.05, 0.1) is 22.2 Å². The van der Waals surface area contributed by atoms with E-state index in [1.807, 2.05) is 0 Å². The maximum absolute atomic E-state index is 13.4. The molecule has 0 saturated carbocycles. The molecule has 0 aliphatic carbocycles. The summed E-state index contributed by atoms with van der Waals surface area (Å²) >= 11 is 10.3. The second-order valence-electron chi connectivity index (χ2n) is 6.95. The molecule has 0 unspecified atom stereocenters.